The molecule has 0 aliphatic rings. The third-order valence-electron chi connectivity index (χ3n) is 4.58. The first-order valence-corrected chi connectivity index (χ1v) is 9.78. The molecule has 0 saturated heterocycles. The van der Waals surface area contributed by atoms with E-state index in [1.807, 2.05) is 0 Å². The smallest absolute Gasteiger partial charge is 0.343 e. The molecule has 1 aromatic carbocycles. The molecule has 0 aliphatic carbocycles. The summed E-state index contributed by atoms with van der Waals surface area (Å²) in [5.41, 5.74) is 2.55. The van der Waals surface area contributed by atoms with Crippen molar-refractivity contribution in [2.75, 3.05) is 6.54 Å². The molecule has 0 bridgehead atoms. The molecule has 0 spiro atoms. The van der Waals surface area contributed by atoms with Crippen LogP contribution in [0.15, 0.2) is 54.9 Å². The first kappa shape index (κ1) is 22.2. The third-order valence-corrected chi connectivity index (χ3v) is 4.58. The minimum Gasteiger partial charge on any atom is -0.351 e. The van der Waals surface area contributed by atoms with Gasteiger partial charge >= 0.3 is 5.92 Å². The molecular formula is C22H22F3N5O. The minimum atomic E-state index is -3.59. The summed E-state index contributed by atoms with van der Waals surface area (Å²) in [5.74, 6) is -5.48. The number of benzene rings is 1. The Morgan fingerprint density at radius 2 is 2.00 bits per heavy atom. The highest BCUT2D eigenvalue weighted by Gasteiger charge is 2.35. The van der Waals surface area contributed by atoms with E-state index >= 15 is 0 Å². The normalized spacial score (nSPS) is 11.7. The first-order chi connectivity index (χ1) is 14.8. The summed E-state index contributed by atoms with van der Waals surface area (Å²) in [7, 11) is 0. The van der Waals surface area contributed by atoms with Gasteiger partial charge in [0.1, 0.15) is 5.69 Å². The fourth-order valence-corrected chi connectivity index (χ4v) is 2.88. The number of carbonyl (C=O) groups is 1. The number of aromatic nitrogens is 4. The van der Waals surface area contributed by atoms with Gasteiger partial charge in [-0.25, -0.2) is 4.98 Å². The van der Waals surface area contributed by atoms with Crippen molar-refractivity contribution in [1.82, 2.24) is 25.3 Å². The number of hydrogen-bond acceptors (Lipinski definition) is 4. The summed E-state index contributed by atoms with van der Waals surface area (Å²) < 4.78 is 42.6. The van der Waals surface area contributed by atoms with E-state index in [0.29, 0.717) is 47.8 Å². The van der Waals surface area contributed by atoms with E-state index in [9.17, 15) is 18.0 Å². The van der Waals surface area contributed by atoms with Crippen molar-refractivity contribution in [1.29, 1.82) is 0 Å². The van der Waals surface area contributed by atoms with Crippen LogP contribution in [0.2, 0.25) is 0 Å². The zero-order valence-electron chi connectivity index (χ0n) is 16.9. The molecule has 3 rings (SSSR count). The van der Waals surface area contributed by atoms with Crippen LogP contribution in [0.25, 0.3) is 17.3 Å². The van der Waals surface area contributed by atoms with Gasteiger partial charge in [0.05, 0.1) is 6.20 Å². The van der Waals surface area contributed by atoms with Crippen molar-refractivity contribution in [2.45, 2.75) is 32.2 Å². The van der Waals surface area contributed by atoms with Crippen LogP contribution in [0, 0.1) is 12.9 Å². The number of pyridine rings is 1. The fraction of sp³-hybridized carbons (Fsp3) is 0.273. The zero-order chi connectivity index (χ0) is 22.3. The largest absolute Gasteiger partial charge is 0.351 e. The van der Waals surface area contributed by atoms with Gasteiger partial charge in [0, 0.05) is 24.8 Å². The average molecular weight is 429 g/mol. The molecular weight excluding hydrogens is 407 g/mol. The van der Waals surface area contributed by atoms with Crippen molar-refractivity contribution in [3.8, 4) is 11.3 Å². The van der Waals surface area contributed by atoms with Crippen molar-refractivity contribution < 1.29 is 18.0 Å². The van der Waals surface area contributed by atoms with Crippen LogP contribution in [0.1, 0.15) is 24.0 Å². The lowest BCUT2D eigenvalue weighted by Crippen LogP contribution is -2.39. The zero-order valence-corrected chi connectivity index (χ0v) is 16.9. The molecule has 2 aromatic heterocycles. The van der Waals surface area contributed by atoms with Gasteiger partial charge < -0.3 is 5.32 Å². The number of rotatable bonds is 9. The summed E-state index contributed by atoms with van der Waals surface area (Å²) in [6.07, 6.45) is 6.04. The van der Waals surface area contributed by atoms with Crippen LogP contribution in [-0.4, -0.2) is 38.4 Å². The lowest BCUT2D eigenvalue weighted by molar-refractivity contribution is -0.139. The van der Waals surface area contributed by atoms with Crippen molar-refractivity contribution >= 4 is 12.0 Å². The second kappa shape index (κ2) is 10.0. The summed E-state index contributed by atoms with van der Waals surface area (Å²) in [6, 6.07) is 9.91. The highest BCUT2D eigenvalue weighted by molar-refractivity contribution is 5.86. The predicted molar refractivity (Wildman–Crippen MR) is 111 cm³/mol. The quantitative estimate of drug-likeness (QED) is 0.412. The maximum Gasteiger partial charge on any atom is 0.343 e. The molecule has 0 radical (unpaired) electrons. The molecule has 9 heteroatoms. The van der Waals surface area contributed by atoms with E-state index in [1.165, 1.54) is 18.3 Å². The number of alkyl halides is 2. The lowest BCUT2D eigenvalue weighted by Gasteiger charge is -2.12. The third kappa shape index (κ3) is 6.24. The van der Waals surface area contributed by atoms with Crippen molar-refractivity contribution in [3.05, 3.63) is 71.9 Å². The van der Waals surface area contributed by atoms with Crippen molar-refractivity contribution in [3.63, 3.8) is 0 Å². The van der Waals surface area contributed by atoms with Gasteiger partial charge in [-0.1, -0.05) is 41.6 Å². The maximum absolute atomic E-state index is 13.9. The van der Waals surface area contributed by atoms with E-state index in [0.717, 1.165) is 0 Å². The SMILES string of the molecule is Cc1cc(F)ncc1-c1cn(CCCCNC(=O)C(F)(F)/C=C/c2ccccc2)nn1. The summed E-state index contributed by atoms with van der Waals surface area (Å²) in [5, 5.41) is 10.3. The van der Waals surface area contributed by atoms with Crippen LogP contribution < -0.4 is 5.32 Å². The Kier molecular flexibility index (Phi) is 7.17. The molecule has 162 valence electrons. The molecule has 3 aromatic rings. The molecule has 1 amide bonds. The fourth-order valence-electron chi connectivity index (χ4n) is 2.88. The van der Waals surface area contributed by atoms with Crippen LogP contribution >= 0.6 is 0 Å². The van der Waals surface area contributed by atoms with Crippen LogP contribution in [0.5, 0.6) is 0 Å². The number of unbranched alkanes of at least 4 members (excludes halogenated alkanes) is 1. The number of carbonyl (C=O) groups excluding carboxylic acids is 1. The van der Waals surface area contributed by atoms with Crippen LogP contribution in [0.3, 0.4) is 0 Å². The number of hydrogen-bond donors (Lipinski definition) is 1. The highest BCUT2D eigenvalue weighted by Crippen LogP contribution is 2.20. The molecule has 31 heavy (non-hydrogen) atoms. The molecule has 0 aliphatic heterocycles. The second-order valence-corrected chi connectivity index (χ2v) is 7.02. The lowest BCUT2D eigenvalue weighted by atomic mass is 10.1. The van der Waals surface area contributed by atoms with Gasteiger partial charge in [-0.15, -0.1) is 5.10 Å². The van der Waals surface area contributed by atoms with Gasteiger partial charge in [-0.05, 0) is 43.0 Å². The molecule has 0 saturated carbocycles. The maximum atomic E-state index is 13.9. The number of nitrogens with one attached hydrogen (secondary N) is 1. The predicted octanol–water partition coefficient (Wildman–Crippen LogP) is 4.03. The molecule has 0 unspecified atom stereocenters. The van der Waals surface area contributed by atoms with Gasteiger partial charge in [-0.2, -0.15) is 13.2 Å². The number of aryl methyl sites for hydroxylation is 2. The molecule has 0 atom stereocenters. The Morgan fingerprint density at radius 1 is 1.23 bits per heavy atom. The standard InChI is InChI=1S/C22H22F3N5O/c1-16-13-20(23)27-14-18(16)19-15-30(29-28-19)12-6-5-11-26-21(31)22(24,25)10-9-17-7-3-2-4-8-17/h2-4,7-10,13-15H,5-6,11-12H2,1H3,(H,26,31)/b10-9+. The van der Waals surface area contributed by atoms with Gasteiger partial charge in [0.2, 0.25) is 5.95 Å². The summed E-state index contributed by atoms with van der Waals surface area (Å²) in [4.78, 5) is 15.4. The Hall–Kier alpha value is -3.49. The number of amides is 1. The second-order valence-electron chi connectivity index (χ2n) is 7.02. The van der Waals surface area contributed by atoms with Gasteiger partial charge in [0.25, 0.3) is 5.91 Å². The Morgan fingerprint density at radius 3 is 2.74 bits per heavy atom. The first-order valence-electron chi connectivity index (χ1n) is 9.78. The Balaban J connectivity index is 1.42. The van der Waals surface area contributed by atoms with Gasteiger partial charge in [0.15, 0.2) is 0 Å². The molecule has 1 N–H and O–H groups in total. The summed E-state index contributed by atoms with van der Waals surface area (Å²) >= 11 is 0. The monoisotopic (exact) mass is 429 g/mol. The minimum absolute atomic E-state index is 0.121. The van der Waals surface area contributed by atoms with Crippen LogP contribution in [-0.2, 0) is 11.3 Å². The molecule has 6 nitrogen and oxygen atoms in total. The van der Waals surface area contributed by atoms with Crippen LogP contribution in [0.4, 0.5) is 13.2 Å². The van der Waals surface area contributed by atoms with E-state index in [1.54, 1.807) is 48.1 Å². The summed E-state index contributed by atoms with van der Waals surface area (Å²) in [6.45, 7) is 2.38. The number of nitrogens with zero attached hydrogens (tertiary/aromatic N) is 4. The van der Waals surface area contributed by atoms with Crippen molar-refractivity contribution in [2.24, 2.45) is 0 Å². The van der Waals surface area contributed by atoms with E-state index in [-0.39, 0.29) is 6.54 Å². The van der Waals surface area contributed by atoms with E-state index < -0.39 is 17.8 Å². The highest BCUT2D eigenvalue weighted by atomic mass is 19.3. The van der Waals surface area contributed by atoms with Gasteiger partial charge in [-0.3, -0.25) is 9.48 Å². The van der Waals surface area contributed by atoms with E-state index in [4.69, 9.17) is 0 Å². The molecule has 0 fully saturated rings. The topological polar surface area (TPSA) is 72.7 Å². The molecule has 2 heterocycles. The Bertz CT molecular complexity index is 1050. The average Bonchev–Trinajstić information content (AvgIpc) is 3.21. The van der Waals surface area contributed by atoms with E-state index in [2.05, 4.69) is 20.6 Å². The Labute approximate surface area is 177 Å². The number of halogens is 3.